The van der Waals surface area contributed by atoms with Crippen LogP contribution in [0.4, 0.5) is 20.3 Å². The van der Waals surface area contributed by atoms with Crippen LogP contribution in [0.3, 0.4) is 0 Å². The highest BCUT2D eigenvalue weighted by atomic mass is 35.5. The third-order valence-corrected chi connectivity index (χ3v) is 5.29. The molecule has 0 radical (unpaired) electrons. The molecular weight excluding hydrogens is 493 g/mol. The van der Waals surface area contributed by atoms with Gasteiger partial charge in [-0.2, -0.15) is 0 Å². The first-order valence-electron chi connectivity index (χ1n) is 10.3. The van der Waals surface area contributed by atoms with Crippen molar-refractivity contribution in [2.24, 2.45) is 0 Å². The minimum Gasteiger partial charge on any atom is -0.488 e. The minimum absolute atomic E-state index is 0.0511. The molecule has 3 aromatic rings. The second-order valence-corrected chi connectivity index (χ2v) is 7.75. The van der Waals surface area contributed by atoms with Crippen molar-refractivity contribution >= 4 is 45.6 Å². The van der Waals surface area contributed by atoms with E-state index in [4.69, 9.17) is 53.6 Å². The van der Waals surface area contributed by atoms with Crippen LogP contribution in [-0.2, 0) is 14.2 Å². The van der Waals surface area contributed by atoms with Gasteiger partial charge in [0.1, 0.15) is 24.9 Å². The molecule has 0 aliphatic rings. The summed E-state index contributed by atoms with van der Waals surface area (Å²) in [6.45, 7) is 1.41. The SMILES string of the molecule is Nc1ccc2nc(-c3cc(Cl)c(Cl)cc3F)nc(N)c2c1OCCOCCOCCOCCF. The molecule has 0 fully saturated rings. The van der Waals surface area contributed by atoms with Crippen LogP contribution in [0.25, 0.3) is 22.3 Å². The van der Waals surface area contributed by atoms with Crippen molar-refractivity contribution in [2.75, 3.05) is 64.4 Å². The number of ether oxygens (including phenoxy) is 4. The summed E-state index contributed by atoms with van der Waals surface area (Å²) < 4.78 is 47.8. The highest BCUT2D eigenvalue weighted by Gasteiger charge is 2.18. The number of benzene rings is 2. The number of hydrogen-bond acceptors (Lipinski definition) is 8. The summed E-state index contributed by atoms with van der Waals surface area (Å²) in [4.78, 5) is 8.62. The molecule has 0 aliphatic heterocycles. The molecule has 0 amide bonds. The maximum absolute atomic E-state index is 14.4. The summed E-state index contributed by atoms with van der Waals surface area (Å²) in [5, 5.41) is 0.648. The molecule has 0 saturated heterocycles. The number of nitrogens with two attached hydrogens (primary N) is 2. The molecule has 0 saturated carbocycles. The van der Waals surface area contributed by atoms with Gasteiger partial charge < -0.3 is 30.4 Å². The van der Waals surface area contributed by atoms with Gasteiger partial charge in [0, 0.05) is 0 Å². The average molecular weight is 517 g/mol. The van der Waals surface area contributed by atoms with Crippen molar-refractivity contribution < 1.29 is 27.7 Å². The number of alkyl halides is 1. The molecule has 4 N–H and O–H groups in total. The van der Waals surface area contributed by atoms with Crippen molar-refractivity contribution in [3.8, 4) is 17.1 Å². The van der Waals surface area contributed by atoms with Crippen molar-refractivity contribution in [2.45, 2.75) is 0 Å². The molecule has 1 heterocycles. The molecule has 0 spiro atoms. The molecule has 3 rings (SSSR count). The standard InChI is InChI=1S/C22H24Cl2F2N4O4/c23-14-11-13(16(26)12-15(14)24)22-29-18-2-1-17(27)20(19(18)21(28)30-22)34-10-9-33-8-7-32-6-5-31-4-3-25/h1-2,11-12H,3-10,27H2,(H2,28,29,30). The number of nitrogen functional groups attached to an aromatic ring is 2. The van der Waals surface area contributed by atoms with Gasteiger partial charge in [-0.25, -0.2) is 18.7 Å². The number of fused-ring (bicyclic) bond motifs is 1. The minimum atomic E-state index is -0.631. The van der Waals surface area contributed by atoms with E-state index in [0.717, 1.165) is 6.07 Å². The second-order valence-electron chi connectivity index (χ2n) is 6.93. The summed E-state index contributed by atoms with van der Waals surface area (Å²) >= 11 is 11.9. The fourth-order valence-electron chi connectivity index (χ4n) is 3.01. The number of nitrogens with zero attached hydrogens (tertiary/aromatic N) is 2. The van der Waals surface area contributed by atoms with Crippen LogP contribution >= 0.6 is 23.2 Å². The first kappa shape index (κ1) is 26.1. The van der Waals surface area contributed by atoms with Gasteiger partial charge in [0.15, 0.2) is 11.6 Å². The number of halogens is 4. The smallest absolute Gasteiger partial charge is 0.165 e. The topological polar surface area (TPSA) is 115 Å². The van der Waals surface area contributed by atoms with Crippen molar-refractivity contribution in [1.82, 2.24) is 9.97 Å². The maximum atomic E-state index is 14.4. The summed E-state index contributed by atoms with van der Waals surface area (Å²) in [6, 6.07) is 5.68. The van der Waals surface area contributed by atoms with E-state index in [9.17, 15) is 8.78 Å². The number of anilines is 2. The van der Waals surface area contributed by atoms with Gasteiger partial charge in [-0.1, -0.05) is 23.2 Å². The first-order chi connectivity index (χ1) is 16.4. The van der Waals surface area contributed by atoms with Crippen LogP contribution in [0, 0.1) is 5.82 Å². The third-order valence-electron chi connectivity index (χ3n) is 4.57. The fourth-order valence-corrected chi connectivity index (χ4v) is 3.32. The molecule has 1 aromatic heterocycles. The number of aromatic nitrogens is 2. The predicted molar refractivity (Wildman–Crippen MR) is 128 cm³/mol. The molecular formula is C22H24Cl2F2N4O4. The van der Waals surface area contributed by atoms with Crippen LogP contribution < -0.4 is 16.2 Å². The maximum Gasteiger partial charge on any atom is 0.165 e. The van der Waals surface area contributed by atoms with Crippen molar-refractivity contribution in [3.05, 3.63) is 40.1 Å². The van der Waals surface area contributed by atoms with Crippen LogP contribution in [0.2, 0.25) is 10.0 Å². The van der Waals surface area contributed by atoms with Crippen molar-refractivity contribution in [1.29, 1.82) is 0 Å². The van der Waals surface area contributed by atoms with E-state index in [1.54, 1.807) is 12.1 Å². The summed E-state index contributed by atoms with van der Waals surface area (Å²) in [5.41, 5.74) is 13.1. The highest BCUT2D eigenvalue weighted by Crippen LogP contribution is 2.37. The summed E-state index contributed by atoms with van der Waals surface area (Å²) in [6.07, 6.45) is 0. The monoisotopic (exact) mass is 516 g/mol. The molecule has 0 unspecified atom stereocenters. The predicted octanol–water partition coefficient (Wildman–Crippen LogP) is 4.31. The van der Waals surface area contributed by atoms with E-state index < -0.39 is 12.5 Å². The van der Waals surface area contributed by atoms with Gasteiger partial charge in [-0.3, -0.25) is 0 Å². The number of rotatable bonds is 13. The summed E-state index contributed by atoms with van der Waals surface area (Å²) in [7, 11) is 0. The van der Waals surface area contributed by atoms with Crippen LogP contribution in [0.5, 0.6) is 5.75 Å². The van der Waals surface area contributed by atoms with Gasteiger partial charge in [0.25, 0.3) is 0 Å². The normalized spacial score (nSPS) is 11.3. The molecule has 0 aliphatic carbocycles. The van der Waals surface area contributed by atoms with E-state index in [1.807, 2.05) is 0 Å². The summed E-state index contributed by atoms with van der Waals surface area (Å²) in [5.74, 6) is -0.207. The molecule has 34 heavy (non-hydrogen) atoms. The van der Waals surface area contributed by atoms with Crippen LogP contribution in [0.15, 0.2) is 24.3 Å². The Morgan fingerprint density at radius 2 is 1.44 bits per heavy atom. The molecule has 12 heteroatoms. The highest BCUT2D eigenvalue weighted by molar-refractivity contribution is 6.42. The Bertz CT molecular complexity index is 1120. The van der Waals surface area contributed by atoms with Crippen LogP contribution in [-0.4, -0.2) is 62.9 Å². The Hall–Kier alpha value is -2.50. The molecule has 184 valence electrons. The largest absolute Gasteiger partial charge is 0.488 e. The van der Waals surface area contributed by atoms with Gasteiger partial charge in [0.05, 0.1) is 71.8 Å². The van der Waals surface area contributed by atoms with Gasteiger partial charge in [-0.15, -0.1) is 0 Å². The fraction of sp³-hybridized carbons (Fsp3) is 0.364. The Balaban J connectivity index is 1.62. The Morgan fingerprint density at radius 3 is 2.12 bits per heavy atom. The van der Waals surface area contributed by atoms with Gasteiger partial charge in [-0.05, 0) is 24.3 Å². The second kappa shape index (κ2) is 12.8. The Morgan fingerprint density at radius 1 is 0.824 bits per heavy atom. The van der Waals surface area contributed by atoms with Gasteiger partial charge >= 0.3 is 0 Å². The zero-order valence-corrected chi connectivity index (χ0v) is 19.7. The van der Waals surface area contributed by atoms with Crippen molar-refractivity contribution in [3.63, 3.8) is 0 Å². The lowest BCUT2D eigenvalue weighted by molar-refractivity contribution is 0.00761. The molecule has 2 aromatic carbocycles. The zero-order chi connectivity index (χ0) is 24.5. The lowest BCUT2D eigenvalue weighted by Crippen LogP contribution is -2.13. The zero-order valence-electron chi connectivity index (χ0n) is 18.2. The average Bonchev–Trinajstić information content (AvgIpc) is 2.81. The van der Waals surface area contributed by atoms with E-state index in [2.05, 4.69) is 9.97 Å². The molecule has 8 nitrogen and oxygen atoms in total. The molecule has 0 bridgehead atoms. The van der Waals surface area contributed by atoms with E-state index in [1.165, 1.54) is 6.07 Å². The van der Waals surface area contributed by atoms with E-state index >= 15 is 0 Å². The Labute approximate surface area is 205 Å². The lowest BCUT2D eigenvalue weighted by Gasteiger charge is -2.14. The first-order valence-corrected chi connectivity index (χ1v) is 11.1. The van der Waals surface area contributed by atoms with E-state index in [-0.39, 0.29) is 47.1 Å². The van der Waals surface area contributed by atoms with Crippen LogP contribution in [0.1, 0.15) is 0 Å². The van der Waals surface area contributed by atoms with Gasteiger partial charge in [0.2, 0.25) is 0 Å². The quantitative estimate of drug-likeness (QED) is 0.196. The van der Waals surface area contributed by atoms with E-state index in [0.29, 0.717) is 48.8 Å². The third kappa shape index (κ3) is 6.77. The lowest BCUT2D eigenvalue weighted by atomic mass is 10.1. The number of hydrogen-bond donors (Lipinski definition) is 2. The Kier molecular flexibility index (Phi) is 9.85. The molecule has 0 atom stereocenters.